The van der Waals surface area contributed by atoms with E-state index in [-0.39, 0.29) is 17.9 Å². The van der Waals surface area contributed by atoms with Crippen LogP contribution in [0, 0.1) is 11.9 Å². The van der Waals surface area contributed by atoms with Gasteiger partial charge in [0.1, 0.15) is 0 Å². The van der Waals surface area contributed by atoms with E-state index in [0.29, 0.717) is 12.1 Å². The molecule has 4 nitrogen and oxygen atoms in total. The second-order valence-corrected chi connectivity index (χ2v) is 3.75. The van der Waals surface area contributed by atoms with E-state index in [4.69, 9.17) is 5.73 Å². The van der Waals surface area contributed by atoms with Crippen LogP contribution in [0.2, 0.25) is 0 Å². The van der Waals surface area contributed by atoms with Gasteiger partial charge >= 0.3 is 0 Å². The number of hydrogen-bond donors (Lipinski definition) is 2. The Morgan fingerprint density at radius 1 is 1.50 bits per heavy atom. The summed E-state index contributed by atoms with van der Waals surface area (Å²) < 4.78 is 12.5. The van der Waals surface area contributed by atoms with Crippen molar-refractivity contribution < 1.29 is 9.18 Å². The number of nitrogens with one attached hydrogen (secondary N) is 1. The van der Waals surface area contributed by atoms with Gasteiger partial charge < -0.3 is 11.1 Å². The van der Waals surface area contributed by atoms with Crippen LogP contribution in [0.4, 0.5) is 10.1 Å². The number of aromatic nitrogens is 1. The zero-order chi connectivity index (χ0) is 11.5. The second-order valence-electron chi connectivity index (χ2n) is 3.75. The van der Waals surface area contributed by atoms with Crippen molar-refractivity contribution in [1.82, 2.24) is 4.98 Å². The number of amides is 1. The summed E-state index contributed by atoms with van der Waals surface area (Å²) in [7, 11) is 0. The van der Waals surface area contributed by atoms with Crippen LogP contribution in [0.3, 0.4) is 0 Å². The highest BCUT2D eigenvalue weighted by Gasteiger charge is 2.22. The van der Waals surface area contributed by atoms with Crippen molar-refractivity contribution in [1.29, 1.82) is 0 Å². The highest BCUT2D eigenvalue weighted by Crippen LogP contribution is 2.18. The van der Waals surface area contributed by atoms with Gasteiger partial charge in [-0.2, -0.15) is 4.39 Å². The normalized spacial score (nSPS) is 23.4. The van der Waals surface area contributed by atoms with E-state index in [1.807, 2.05) is 6.08 Å². The molecule has 16 heavy (non-hydrogen) atoms. The first-order chi connectivity index (χ1) is 7.65. The van der Waals surface area contributed by atoms with Crippen LogP contribution in [0.1, 0.15) is 6.42 Å². The van der Waals surface area contributed by atoms with Crippen molar-refractivity contribution in [2.24, 2.45) is 11.7 Å². The van der Waals surface area contributed by atoms with Crippen molar-refractivity contribution in [3.8, 4) is 0 Å². The molecule has 0 fully saturated rings. The molecule has 1 aliphatic rings. The van der Waals surface area contributed by atoms with E-state index in [2.05, 4.69) is 10.3 Å². The van der Waals surface area contributed by atoms with Crippen LogP contribution >= 0.6 is 0 Å². The number of nitrogens with two attached hydrogens (primary N) is 1. The largest absolute Gasteiger partial charge is 0.324 e. The fourth-order valence-electron chi connectivity index (χ4n) is 1.61. The number of rotatable bonds is 2. The monoisotopic (exact) mass is 221 g/mol. The van der Waals surface area contributed by atoms with E-state index in [9.17, 15) is 9.18 Å². The fraction of sp³-hybridized carbons (Fsp3) is 0.273. The predicted octanol–water partition coefficient (Wildman–Crippen LogP) is 1.06. The topological polar surface area (TPSA) is 68.0 Å². The molecule has 0 aliphatic heterocycles. The molecule has 1 aromatic rings. The molecular formula is C11H12FN3O. The molecule has 0 bridgehead atoms. The van der Waals surface area contributed by atoms with Gasteiger partial charge in [-0.3, -0.25) is 4.79 Å². The van der Waals surface area contributed by atoms with E-state index in [0.717, 1.165) is 0 Å². The Labute approximate surface area is 92.4 Å². The Hall–Kier alpha value is -1.75. The van der Waals surface area contributed by atoms with Crippen LogP contribution in [-0.2, 0) is 4.79 Å². The van der Waals surface area contributed by atoms with Gasteiger partial charge in [0.2, 0.25) is 11.9 Å². The number of halogens is 1. The van der Waals surface area contributed by atoms with Crippen molar-refractivity contribution in [2.75, 3.05) is 5.32 Å². The van der Waals surface area contributed by atoms with Crippen molar-refractivity contribution in [3.05, 3.63) is 36.4 Å². The first-order valence-corrected chi connectivity index (χ1v) is 5.01. The molecule has 5 heteroatoms. The van der Waals surface area contributed by atoms with Crippen molar-refractivity contribution >= 4 is 11.6 Å². The van der Waals surface area contributed by atoms with Gasteiger partial charge in [0, 0.05) is 6.04 Å². The average molecular weight is 221 g/mol. The summed E-state index contributed by atoms with van der Waals surface area (Å²) >= 11 is 0. The summed E-state index contributed by atoms with van der Waals surface area (Å²) in [5, 5.41) is 2.66. The fourth-order valence-corrected chi connectivity index (χ4v) is 1.61. The summed E-state index contributed by atoms with van der Waals surface area (Å²) in [6, 6.07) is 2.62. The van der Waals surface area contributed by atoms with Gasteiger partial charge in [0.15, 0.2) is 0 Å². The smallest absolute Gasteiger partial charge is 0.231 e. The van der Waals surface area contributed by atoms with Crippen LogP contribution in [0.25, 0.3) is 0 Å². The molecule has 0 saturated carbocycles. The van der Waals surface area contributed by atoms with Gasteiger partial charge in [-0.05, 0) is 18.6 Å². The third-order valence-corrected chi connectivity index (χ3v) is 2.45. The molecule has 1 heterocycles. The number of carbonyl (C=O) groups is 1. The molecule has 1 amide bonds. The minimum atomic E-state index is -0.569. The highest BCUT2D eigenvalue weighted by atomic mass is 19.1. The lowest BCUT2D eigenvalue weighted by atomic mass is 10.1. The molecule has 1 aliphatic carbocycles. The van der Waals surface area contributed by atoms with Crippen molar-refractivity contribution in [3.63, 3.8) is 0 Å². The van der Waals surface area contributed by atoms with Crippen LogP contribution in [0.15, 0.2) is 30.5 Å². The summed E-state index contributed by atoms with van der Waals surface area (Å²) in [5.74, 6) is -0.918. The third kappa shape index (κ3) is 2.43. The molecule has 0 aromatic carbocycles. The summed E-state index contributed by atoms with van der Waals surface area (Å²) in [4.78, 5) is 15.2. The first kappa shape index (κ1) is 10.8. The Balaban J connectivity index is 1.97. The predicted molar refractivity (Wildman–Crippen MR) is 58.0 cm³/mol. The molecule has 2 rings (SSSR count). The quantitative estimate of drug-likeness (QED) is 0.579. The van der Waals surface area contributed by atoms with E-state index >= 15 is 0 Å². The van der Waals surface area contributed by atoms with Crippen LogP contribution in [0.5, 0.6) is 0 Å². The van der Waals surface area contributed by atoms with Gasteiger partial charge in [-0.15, -0.1) is 0 Å². The molecule has 2 unspecified atom stereocenters. The highest BCUT2D eigenvalue weighted by molar-refractivity contribution is 5.93. The SMILES string of the molecule is NC1C=CC(C(=O)Nc2ccc(F)nc2)C1. The molecule has 3 N–H and O–H groups in total. The van der Waals surface area contributed by atoms with Crippen LogP contribution in [-0.4, -0.2) is 16.9 Å². The lowest BCUT2D eigenvalue weighted by molar-refractivity contribution is -0.118. The third-order valence-electron chi connectivity index (χ3n) is 2.45. The number of pyridine rings is 1. The number of anilines is 1. The van der Waals surface area contributed by atoms with Gasteiger partial charge in [-0.1, -0.05) is 12.2 Å². The minimum Gasteiger partial charge on any atom is -0.324 e. The Morgan fingerprint density at radius 2 is 2.31 bits per heavy atom. The molecule has 0 spiro atoms. The van der Waals surface area contributed by atoms with Gasteiger partial charge in [0.25, 0.3) is 0 Å². The first-order valence-electron chi connectivity index (χ1n) is 5.01. The zero-order valence-electron chi connectivity index (χ0n) is 8.56. The van der Waals surface area contributed by atoms with Gasteiger partial charge in [-0.25, -0.2) is 4.98 Å². The summed E-state index contributed by atoms with van der Waals surface area (Å²) in [6.45, 7) is 0. The Kier molecular flexibility index (Phi) is 2.96. The summed E-state index contributed by atoms with van der Waals surface area (Å²) in [5.41, 5.74) is 6.13. The molecular weight excluding hydrogens is 209 g/mol. The molecule has 0 radical (unpaired) electrons. The number of carbonyl (C=O) groups excluding carboxylic acids is 1. The van der Waals surface area contributed by atoms with Gasteiger partial charge in [0.05, 0.1) is 17.8 Å². The molecule has 84 valence electrons. The molecule has 0 saturated heterocycles. The van der Waals surface area contributed by atoms with E-state index < -0.39 is 5.95 Å². The molecule has 1 aromatic heterocycles. The maximum Gasteiger partial charge on any atom is 0.231 e. The molecule has 2 atom stereocenters. The standard InChI is InChI=1S/C11H12FN3O/c12-10-4-3-9(6-14-10)15-11(16)7-1-2-8(13)5-7/h1-4,6-8H,5,13H2,(H,15,16). The Morgan fingerprint density at radius 3 is 2.88 bits per heavy atom. The second kappa shape index (κ2) is 4.40. The lowest BCUT2D eigenvalue weighted by Crippen LogP contribution is -2.24. The maximum absolute atomic E-state index is 12.5. The van der Waals surface area contributed by atoms with E-state index in [1.165, 1.54) is 18.3 Å². The van der Waals surface area contributed by atoms with E-state index in [1.54, 1.807) is 6.08 Å². The zero-order valence-corrected chi connectivity index (χ0v) is 8.56. The summed E-state index contributed by atoms with van der Waals surface area (Å²) in [6.07, 6.45) is 5.50. The van der Waals surface area contributed by atoms with Crippen molar-refractivity contribution in [2.45, 2.75) is 12.5 Å². The number of hydrogen-bond acceptors (Lipinski definition) is 3. The van der Waals surface area contributed by atoms with Crippen LogP contribution < -0.4 is 11.1 Å². The Bertz CT molecular complexity index is 416. The lowest BCUT2D eigenvalue weighted by Gasteiger charge is -2.09. The average Bonchev–Trinajstić information content (AvgIpc) is 2.68. The number of nitrogens with zero attached hydrogens (tertiary/aromatic N) is 1. The minimum absolute atomic E-state index is 0.0536. The maximum atomic E-state index is 12.5.